The van der Waals surface area contributed by atoms with Crippen LogP contribution in [0.1, 0.15) is 31.1 Å². The number of rotatable bonds is 7. The van der Waals surface area contributed by atoms with Crippen LogP contribution in [0.2, 0.25) is 5.02 Å². The molecule has 0 fully saturated rings. The van der Waals surface area contributed by atoms with Gasteiger partial charge in [-0.25, -0.2) is 0 Å². The van der Waals surface area contributed by atoms with Crippen LogP contribution in [0, 0.1) is 0 Å². The van der Waals surface area contributed by atoms with E-state index in [0.717, 1.165) is 4.90 Å². The zero-order chi connectivity index (χ0) is 20.0. The van der Waals surface area contributed by atoms with E-state index < -0.39 is 23.2 Å². The molecule has 1 N–H and O–H groups in total. The Labute approximate surface area is 167 Å². The van der Waals surface area contributed by atoms with Crippen LogP contribution in [-0.2, 0) is 14.3 Å². The summed E-state index contributed by atoms with van der Waals surface area (Å²) in [4.78, 5) is 36.8. The van der Waals surface area contributed by atoms with Gasteiger partial charge in [0.2, 0.25) is 0 Å². The van der Waals surface area contributed by atoms with Crippen molar-refractivity contribution in [3.63, 3.8) is 0 Å². The fraction of sp³-hybridized carbons (Fsp3) is 0.250. The Kier molecular flexibility index (Phi) is 7.45. The van der Waals surface area contributed by atoms with Crippen LogP contribution in [0.4, 0.5) is 5.69 Å². The number of benzene rings is 2. The van der Waals surface area contributed by atoms with E-state index >= 15 is 0 Å². The van der Waals surface area contributed by atoms with Gasteiger partial charge in [-0.1, -0.05) is 23.7 Å². The molecule has 0 radical (unpaired) electrons. The zero-order valence-electron chi connectivity index (χ0n) is 15.2. The summed E-state index contributed by atoms with van der Waals surface area (Å²) in [6.45, 7) is 4.66. The summed E-state index contributed by atoms with van der Waals surface area (Å²) in [5, 5.41) is 2.78. The van der Waals surface area contributed by atoms with E-state index in [9.17, 15) is 14.4 Å². The second kappa shape index (κ2) is 9.58. The number of anilines is 1. The van der Waals surface area contributed by atoms with E-state index in [1.807, 2.05) is 12.1 Å². The van der Waals surface area contributed by atoms with Gasteiger partial charge >= 0.3 is 5.97 Å². The number of halogens is 1. The number of amides is 1. The predicted molar refractivity (Wildman–Crippen MR) is 107 cm³/mol. The quantitative estimate of drug-likeness (QED) is 0.414. The summed E-state index contributed by atoms with van der Waals surface area (Å²) in [5.74, 6) is -1.05. The maximum absolute atomic E-state index is 12.3. The summed E-state index contributed by atoms with van der Waals surface area (Å²) in [6, 6.07) is 13.7. The van der Waals surface area contributed by atoms with Crippen molar-refractivity contribution in [1.82, 2.24) is 0 Å². The van der Waals surface area contributed by atoms with Gasteiger partial charge in [0.25, 0.3) is 5.91 Å². The van der Waals surface area contributed by atoms with E-state index in [-0.39, 0.29) is 5.78 Å². The number of ether oxygens (including phenoxy) is 1. The molecule has 0 aliphatic carbocycles. The third-order valence-electron chi connectivity index (χ3n) is 3.66. The molecule has 0 aliphatic rings. The van der Waals surface area contributed by atoms with Gasteiger partial charge in [-0.15, -0.1) is 11.8 Å². The summed E-state index contributed by atoms with van der Waals surface area (Å²) in [5.41, 5.74) is 0.963. The zero-order valence-corrected chi connectivity index (χ0v) is 16.8. The lowest BCUT2D eigenvalue weighted by atomic mass is 10.1. The van der Waals surface area contributed by atoms with Crippen molar-refractivity contribution in [2.45, 2.75) is 37.0 Å². The molecule has 2 aromatic rings. The van der Waals surface area contributed by atoms with Crippen molar-refractivity contribution in [2.24, 2.45) is 0 Å². The summed E-state index contributed by atoms with van der Waals surface area (Å²) in [7, 11) is 0. The number of carbonyl (C=O) groups excluding carboxylic acids is 3. The summed E-state index contributed by atoms with van der Waals surface area (Å²) in [6.07, 6.45) is -0.966. The SMILES string of the molecule is CC(=O)c1cccc(NC(=O)[C@H](C)OC(=O)[C@@H](C)Sc2ccc(Cl)cc2)c1. The lowest BCUT2D eigenvalue weighted by Gasteiger charge is -2.16. The van der Waals surface area contributed by atoms with Crippen LogP contribution in [0.5, 0.6) is 0 Å². The molecule has 1 amide bonds. The third-order valence-corrected chi connectivity index (χ3v) is 5.00. The second-order valence-corrected chi connectivity index (χ2v) is 7.77. The Bertz CT molecular complexity index is 838. The molecule has 27 heavy (non-hydrogen) atoms. The van der Waals surface area contributed by atoms with Gasteiger partial charge in [0.05, 0.1) is 0 Å². The molecule has 0 unspecified atom stereocenters. The average molecular weight is 406 g/mol. The first-order valence-corrected chi connectivity index (χ1v) is 9.56. The number of hydrogen-bond donors (Lipinski definition) is 1. The van der Waals surface area contributed by atoms with Crippen LogP contribution < -0.4 is 5.32 Å². The van der Waals surface area contributed by atoms with Gasteiger partial charge in [-0.05, 0) is 57.2 Å². The van der Waals surface area contributed by atoms with Crippen molar-refractivity contribution in [1.29, 1.82) is 0 Å². The number of hydrogen-bond acceptors (Lipinski definition) is 5. The van der Waals surface area contributed by atoms with Gasteiger partial charge in [0, 0.05) is 21.2 Å². The molecule has 0 aliphatic heterocycles. The molecular formula is C20H20ClNO4S. The first kappa shape index (κ1) is 21.0. The lowest BCUT2D eigenvalue weighted by molar-refractivity contribution is -0.152. The molecular weight excluding hydrogens is 386 g/mol. The van der Waals surface area contributed by atoms with E-state index in [0.29, 0.717) is 16.3 Å². The second-order valence-electron chi connectivity index (χ2n) is 5.92. The first-order chi connectivity index (χ1) is 12.8. The molecule has 0 heterocycles. The predicted octanol–water partition coefficient (Wildman–Crippen LogP) is 4.59. The minimum absolute atomic E-state index is 0.0985. The molecule has 7 heteroatoms. The highest BCUT2D eigenvalue weighted by molar-refractivity contribution is 8.00. The Balaban J connectivity index is 1.90. The number of thioether (sulfide) groups is 1. The Morgan fingerprint density at radius 3 is 2.37 bits per heavy atom. The first-order valence-electron chi connectivity index (χ1n) is 8.31. The van der Waals surface area contributed by atoms with Gasteiger partial charge in [-0.2, -0.15) is 0 Å². The van der Waals surface area contributed by atoms with Crippen LogP contribution in [-0.4, -0.2) is 29.0 Å². The number of ketones is 1. The lowest BCUT2D eigenvalue weighted by Crippen LogP contribution is -2.32. The standard InChI is InChI=1S/C20H20ClNO4S/c1-12(23)15-5-4-6-17(11-15)22-19(24)13(2)26-20(25)14(3)27-18-9-7-16(21)8-10-18/h4-11,13-14H,1-3H3,(H,22,24)/t13-,14+/m0/s1. The van der Waals surface area contributed by atoms with Crippen molar-refractivity contribution in [2.75, 3.05) is 5.32 Å². The summed E-state index contributed by atoms with van der Waals surface area (Å²) < 4.78 is 5.25. The highest BCUT2D eigenvalue weighted by atomic mass is 35.5. The van der Waals surface area contributed by atoms with Crippen LogP contribution in [0.15, 0.2) is 53.4 Å². The minimum Gasteiger partial charge on any atom is -0.452 e. The molecule has 2 aromatic carbocycles. The maximum atomic E-state index is 12.3. The molecule has 142 valence electrons. The van der Waals surface area contributed by atoms with Gasteiger partial charge in [-0.3, -0.25) is 14.4 Å². The fourth-order valence-electron chi connectivity index (χ4n) is 2.15. The van der Waals surface area contributed by atoms with Crippen molar-refractivity contribution in [3.05, 3.63) is 59.1 Å². The molecule has 2 atom stereocenters. The average Bonchev–Trinajstić information content (AvgIpc) is 2.63. The molecule has 0 spiro atoms. The Hall–Kier alpha value is -2.31. The molecule has 5 nitrogen and oxygen atoms in total. The molecule has 0 bridgehead atoms. The molecule has 2 rings (SSSR count). The molecule has 0 aromatic heterocycles. The maximum Gasteiger partial charge on any atom is 0.319 e. The third kappa shape index (κ3) is 6.41. The minimum atomic E-state index is -0.966. The number of Topliss-reactive ketones (excluding diaryl/α,β-unsaturated/α-hetero) is 1. The fourth-order valence-corrected chi connectivity index (χ4v) is 3.13. The highest BCUT2D eigenvalue weighted by Gasteiger charge is 2.23. The van der Waals surface area contributed by atoms with Gasteiger partial charge in [0.15, 0.2) is 11.9 Å². The van der Waals surface area contributed by atoms with E-state index in [2.05, 4.69) is 5.32 Å². The van der Waals surface area contributed by atoms with E-state index in [1.165, 1.54) is 25.6 Å². The van der Waals surface area contributed by atoms with Gasteiger partial charge in [0.1, 0.15) is 5.25 Å². The summed E-state index contributed by atoms with van der Waals surface area (Å²) >= 11 is 7.16. The monoisotopic (exact) mass is 405 g/mol. The number of nitrogens with one attached hydrogen (secondary N) is 1. The van der Waals surface area contributed by atoms with Crippen molar-refractivity contribution >= 4 is 46.7 Å². The van der Waals surface area contributed by atoms with Crippen LogP contribution >= 0.6 is 23.4 Å². The molecule has 0 saturated heterocycles. The normalized spacial score (nSPS) is 12.7. The highest BCUT2D eigenvalue weighted by Crippen LogP contribution is 2.25. The smallest absolute Gasteiger partial charge is 0.319 e. The molecule has 0 saturated carbocycles. The van der Waals surface area contributed by atoms with Crippen molar-refractivity contribution in [3.8, 4) is 0 Å². The van der Waals surface area contributed by atoms with Crippen LogP contribution in [0.25, 0.3) is 0 Å². The Morgan fingerprint density at radius 1 is 1.07 bits per heavy atom. The van der Waals surface area contributed by atoms with E-state index in [1.54, 1.807) is 43.3 Å². The van der Waals surface area contributed by atoms with Crippen molar-refractivity contribution < 1.29 is 19.1 Å². The number of carbonyl (C=O) groups is 3. The van der Waals surface area contributed by atoms with Gasteiger partial charge < -0.3 is 10.1 Å². The van der Waals surface area contributed by atoms with E-state index in [4.69, 9.17) is 16.3 Å². The topological polar surface area (TPSA) is 72.5 Å². The Morgan fingerprint density at radius 2 is 1.74 bits per heavy atom. The van der Waals surface area contributed by atoms with Crippen LogP contribution in [0.3, 0.4) is 0 Å². The number of esters is 1. The largest absolute Gasteiger partial charge is 0.452 e.